The van der Waals surface area contributed by atoms with E-state index in [-0.39, 0.29) is 6.17 Å². The Kier molecular flexibility index (Phi) is 5.10. The fourth-order valence-corrected chi connectivity index (χ4v) is 7.27. The molecule has 42 heavy (non-hydrogen) atoms. The molecular formula is C37H23N3OS. The van der Waals surface area contributed by atoms with Crippen LogP contribution in [0, 0.1) is 0 Å². The molecule has 1 N–H and O–H groups in total. The van der Waals surface area contributed by atoms with Gasteiger partial charge in [-0.25, -0.2) is 9.98 Å². The van der Waals surface area contributed by atoms with E-state index < -0.39 is 0 Å². The molecule has 2 aromatic heterocycles. The molecule has 0 fully saturated rings. The topological polar surface area (TPSA) is 49.9 Å². The van der Waals surface area contributed by atoms with Crippen LogP contribution in [0.15, 0.2) is 142 Å². The fourth-order valence-electron chi connectivity index (χ4n) is 6.12. The van der Waals surface area contributed by atoms with E-state index in [2.05, 4.69) is 84.2 Å². The summed E-state index contributed by atoms with van der Waals surface area (Å²) in [6.07, 6.45) is -0.318. The smallest absolute Gasteiger partial charge is 0.169 e. The Hall–Kier alpha value is -5.26. The van der Waals surface area contributed by atoms with Gasteiger partial charge >= 0.3 is 0 Å². The van der Waals surface area contributed by atoms with Crippen LogP contribution in [0.5, 0.6) is 0 Å². The summed E-state index contributed by atoms with van der Waals surface area (Å²) in [4.78, 5) is 10.1. The summed E-state index contributed by atoms with van der Waals surface area (Å²) < 4.78 is 8.94. The van der Waals surface area contributed by atoms with E-state index in [1.807, 2.05) is 59.9 Å². The van der Waals surface area contributed by atoms with Crippen molar-refractivity contribution in [3.8, 4) is 0 Å². The molecule has 1 atom stereocenters. The molecule has 0 bridgehead atoms. The van der Waals surface area contributed by atoms with E-state index in [0.29, 0.717) is 0 Å². The predicted octanol–water partition coefficient (Wildman–Crippen LogP) is 9.60. The molecule has 198 valence electrons. The molecule has 0 spiro atoms. The average Bonchev–Trinajstić information content (AvgIpc) is 3.63. The molecule has 1 aliphatic heterocycles. The van der Waals surface area contributed by atoms with Crippen molar-refractivity contribution in [3.63, 3.8) is 0 Å². The lowest BCUT2D eigenvalue weighted by Gasteiger charge is -2.22. The van der Waals surface area contributed by atoms with Gasteiger partial charge in [0.2, 0.25) is 0 Å². The first-order chi connectivity index (χ1) is 20.8. The quantitative estimate of drug-likeness (QED) is 0.235. The number of aliphatic imine (C=N–C) groups is 2. The van der Waals surface area contributed by atoms with Gasteiger partial charge in [0.25, 0.3) is 0 Å². The van der Waals surface area contributed by atoms with E-state index >= 15 is 0 Å². The van der Waals surface area contributed by atoms with Crippen LogP contribution >= 0.6 is 11.3 Å². The van der Waals surface area contributed by atoms with Crippen molar-refractivity contribution < 1.29 is 4.42 Å². The molecule has 0 aliphatic carbocycles. The lowest BCUT2D eigenvalue weighted by atomic mass is 10.00. The van der Waals surface area contributed by atoms with Crippen molar-refractivity contribution in [3.05, 3.63) is 144 Å². The minimum Gasteiger partial charge on any atom is -0.455 e. The third-order valence-corrected chi connectivity index (χ3v) is 9.24. The summed E-state index contributed by atoms with van der Waals surface area (Å²) in [7, 11) is 0. The highest BCUT2D eigenvalue weighted by molar-refractivity contribution is 7.26. The van der Waals surface area contributed by atoms with Crippen molar-refractivity contribution >= 4 is 75.9 Å². The van der Waals surface area contributed by atoms with Crippen LogP contribution in [0.1, 0.15) is 22.9 Å². The van der Waals surface area contributed by atoms with Crippen LogP contribution in [0.3, 0.4) is 0 Å². The molecular weight excluding hydrogens is 534 g/mol. The van der Waals surface area contributed by atoms with Gasteiger partial charge in [-0.1, -0.05) is 103 Å². The number of nitrogens with one attached hydrogen (secondary N) is 1. The van der Waals surface area contributed by atoms with Crippen LogP contribution in [0.4, 0.5) is 0 Å². The molecule has 1 aliphatic rings. The van der Waals surface area contributed by atoms with Crippen LogP contribution < -0.4 is 5.32 Å². The van der Waals surface area contributed by atoms with Gasteiger partial charge in [0.15, 0.2) is 6.17 Å². The highest BCUT2D eigenvalue weighted by Gasteiger charge is 2.22. The van der Waals surface area contributed by atoms with Crippen molar-refractivity contribution in [2.75, 3.05) is 0 Å². The highest BCUT2D eigenvalue weighted by atomic mass is 32.1. The summed E-state index contributed by atoms with van der Waals surface area (Å²) in [6.45, 7) is 0. The van der Waals surface area contributed by atoms with Crippen LogP contribution in [-0.4, -0.2) is 11.7 Å². The normalized spacial score (nSPS) is 15.4. The van der Waals surface area contributed by atoms with Gasteiger partial charge in [-0.3, -0.25) is 0 Å². The van der Waals surface area contributed by atoms with E-state index in [9.17, 15) is 0 Å². The lowest BCUT2D eigenvalue weighted by Crippen LogP contribution is -2.35. The largest absolute Gasteiger partial charge is 0.455 e. The zero-order chi connectivity index (χ0) is 27.6. The van der Waals surface area contributed by atoms with E-state index in [1.165, 1.54) is 30.9 Å². The van der Waals surface area contributed by atoms with Gasteiger partial charge < -0.3 is 9.73 Å². The van der Waals surface area contributed by atoms with E-state index in [1.54, 1.807) is 0 Å². The van der Waals surface area contributed by atoms with Gasteiger partial charge in [-0.15, -0.1) is 11.3 Å². The number of amidine groups is 2. The summed E-state index contributed by atoms with van der Waals surface area (Å²) in [6, 6.07) is 44.3. The maximum absolute atomic E-state index is 6.48. The monoisotopic (exact) mass is 557 g/mol. The van der Waals surface area contributed by atoms with Gasteiger partial charge in [0.05, 0.1) is 0 Å². The predicted molar refractivity (Wildman–Crippen MR) is 176 cm³/mol. The van der Waals surface area contributed by atoms with E-state index in [4.69, 9.17) is 14.4 Å². The number of benzene rings is 6. The summed E-state index contributed by atoms with van der Waals surface area (Å²) in [5, 5.41) is 10.7. The second-order valence-corrected chi connectivity index (χ2v) is 11.7. The molecule has 0 saturated heterocycles. The second-order valence-electron chi connectivity index (χ2n) is 10.6. The number of furan rings is 1. The van der Waals surface area contributed by atoms with Gasteiger partial charge in [0.1, 0.15) is 22.8 Å². The number of thiophene rings is 1. The molecule has 0 amide bonds. The average molecular weight is 558 g/mol. The summed E-state index contributed by atoms with van der Waals surface area (Å²) in [5.74, 6) is 1.64. The third kappa shape index (κ3) is 3.60. The second kappa shape index (κ2) is 9.13. The van der Waals surface area contributed by atoms with Crippen LogP contribution in [0.2, 0.25) is 0 Å². The maximum Gasteiger partial charge on any atom is 0.169 e. The van der Waals surface area contributed by atoms with Gasteiger partial charge in [0, 0.05) is 47.5 Å². The van der Waals surface area contributed by atoms with Crippen LogP contribution in [0.25, 0.3) is 52.9 Å². The molecule has 4 nitrogen and oxygen atoms in total. The van der Waals surface area contributed by atoms with Crippen molar-refractivity contribution in [1.29, 1.82) is 0 Å². The molecule has 8 aromatic rings. The number of rotatable bonds is 3. The maximum atomic E-state index is 6.48. The molecule has 1 unspecified atom stereocenters. The van der Waals surface area contributed by atoms with E-state index in [0.717, 1.165) is 50.3 Å². The van der Waals surface area contributed by atoms with Gasteiger partial charge in [-0.05, 0) is 35.2 Å². The Bertz CT molecular complexity index is 2380. The number of hydrogen-bond acceptors (Lipinski definition) is 5. The standard InChI is InChI=1S/C37H23N3OS/c1-3-9-23(10-4-1)35-38-36(24-11-5-2-6-12-24)40-37(39-35)25-16-19-28-31(21-25)42-30-20-17-22-15-18-27-26-13-7-8-14-29(26)41-34(27)32(22)33(28)30/h1-21,35H,(H,38,39,40). The van der Waals surface area contributed by atoms with Gasteiger partial charge in [-0.2, -0.15) is 0 Å². The zero-order valence-corrected chi connectivity index (χ0v) is 23.2. The number of hydrogen-bond donors (Lipinski definition) is 1. The Morgan fingerprint density at radius 3 is 2.14 bits per heavy atom. The Morgan fingerprint density at radius 1 is 0.571 bits per heavy atom. The Balaban J connectivity index is 1.23. The zero-order valence-electron chi connectivity index (χ0n) is 22.4. The van der Waals surface area contributed by atoms with Crippen molar-refractivity contribution in [2.24, 2.45) is 9.98 Å². The number of fused-ring (bicyclic) bond motifs is 9. The van der Waals surface area contributed by atoms with Crippen molar-refractivity contribution in [2.45, 2.75) is 6.17 Å². The highest BCUT2D eigenvalue weighted by Crippen LogP contribution is 2.43. The molecule has 5 heteroatoms. The summed E-state index contributed by atoms with van der Waals surface area (Å²) >= 11 is 1.81. The first-order valence-electron chi connectivity index (χ1n) is 14.0. The third-order valence-electron chi connectivity index (χ3n) is 8.12. The first-order valence-corrected chi connectivity index (χ1v) is 14.8. The first kappa shape index (κ1) is 23.4. The molecule has 3 heterocycles. The Morgan fingerprint density at radius 2 is 1.29 bits per heavy atom. The summed E-state index contributed by atoms with van der Waals surface area (Å²) in [5.41, 5.74) is 5.01. The number of para-hydroxylation sites is 1. The number of nitrogens with zero attached hydrogens (tertiary/aromatic N) is 2. The molecule has 0 radical (unpaired) electrons. The molecule has 9 rings (SSSR count). The molecule has 0 saturated carbocycles. The molecule has 6 aromatic carbocycles. The Labute approximate surface area is 245 Å². The van der Waals surface area contributed by atoms with Crippen molar-refractivity contribution in [1.82, 2.24) is 5.32 Å². The van der Waals surface area contributed by atoms with Crippen LogP contribution in [-0.2, 0) is 0 Å². The fraction of sp³-hybridized carbons (Fsp3) is 0.0270. The SMILES string of the molecule is c1ccc(C2=NC(c3ccccc3)N=C(c3ccc4c(c3)sc3ccc5ccc6c7ccccc7oc6c5c34)N2)cc1. The lowest BCUT2D eigenvalue weighted by molar-refractivity contribution is 0.673. The minimum atomic E-state index is -0.318. The minimum absolute atomic E-state index is 0.318.